The third-order valence-corrected chi connectivity index (χ3v) is 2.77. The summed E-state index contributed by atoms with van der Waals surface area (Å²) in [6.07, 6.45) is 0. The molecule has 2 aromatic rings. The minimum Gasteiger partial charge on any atom is -0.380 e. The lowest BCUT2D eigenvalue weighted by molar-refractivity contribution is 0.587. The van der Waals surface area contributed by atoms with Gasteiger partial charge in [0, 0.05) is 12.1 Å². The Labute approximate surface area is 110 Å². The molecule has 2 aromatic carbocycles. The zero-order valence-electron chi connectivity index (χ0n) is 10.4. The molecule has 0 aliphatic rings. The van der Waals surface area contributed by atoms with E-state index in [2.05, 4.69) is 11.4 Å². The summed E-state index contributed by atoms with van der Waals surface area (Å²) in [6.45, 7) is 2.01. The van der Waals surface area contributed by atoms with E-state index in [0.717, 1.165) is 23.8 Å². The Hall–Kier alpha value is -2.41. The van der Waals surface area contributed by atoms with E-state index in [4.69, 9.17) is 5.26 Å². The van der Waals surface area contributed by atoms with E-state index in [1.54, 1.807) is 12.1 Å². The first-order valence-corrected chi connectivity index (χ1v) is 5.78. The summed E-state index contributed by atoms with van der Waals surface area (Å²) < 4.78 is 26.5. The monoisotopic (exact) mass is 258 g/mol. The number of hydrogen-bond donors (Lipinski definition) is 1. The Morgan fingerprint density at radius 1 is 1.16 bits per heavy atom. The molecule has 19 heavy (non-hydrogen) atoms. The quantitative estimate of drug-likeness (QED) is 0.909. The maximum atomic E-state index is 13.4. The van der Waals surface area contributed by atoms with E-state index < -0.39 is 11.6 Å². The summed E-state index contributed by atoms with van der Waals surface area (Å²) in [5, 5.41) is 12.0. The summed E-state index contributed by atoms with van der Waals surface area (Å²) >= 11 is 0. The van der Waals surface area contributed by atoms with Crippen molar-refractivity contribution in [3.05, 3.63) is 64.7 Å². The number of nitrogens with zero attached hydrogens (tertiary/aromatic N) is 1. The molecule has 0 fully saturated rings. The lowest BCUT2D eigenvalue weighted by Gasteiger charge is -2.09. The number of hydrogen-bond acceptors (Lipinski definition) is 2. The lowest BCUT2D eigenvalue weighted by Crippen LogP contribution is -2.04. The SMILES string of the molecule is Cc1ccc(NCc2cc(F)ccc2F)c(C#N)c1. The second-order valence-electron chi connectivity index (χ2n) is 4.25. The average Bonchev–Trinajstić information content (AvgIpc) is 2.40. The predicted octanol–water partition coefficient (Wildman–Crippen LogP) is 3.76. The van der Waals surface area contributed by atoms with Gasteiger partial charge in [-0.3, -0.25) is 0 Å². The van der Waals surface area contributed by atoms with Gasteiger partial charge in [-0.15, -0.1) is 0 Å². The molecular formula is C15H12F2N2. The normalized spacial score (nSPS) is 10.0. The fraction of sp³-hybridized carbons (Fsp3) is 0.133. The van der Waals surface area contributed by atoms with Gasteiger partial charge in [-0.05, 0) is 42.8 Å². The second kappa shape index (κ2) is 5.49. The maximum absolute atomic E-state index is 13.4. The molecule has 0 saturated heterocycles. The van der Waals surface area contributed by atoms with Crippen LogP contribution < -0.4 is 5.32 Å². The number of nitrogens with one attached hydrogen (secondary N) is 1. The predicted molar refractivity (Wildman–Crippen MR) is 69.6 cm³/mol. The largest absolute Gasteiger partial charge is 0.380 e. The zero-order chi connectivity index (χ0) is 13.8. The minimum atomic E-state index is -0.484. The first-order chi connectivity index (χ1) is 9.10. The van der Waals surface area contributed by atoms with Gasteiger partial charge in [-0.25, -0.2) is 8.78 Å². The molecule has 0 heterocycles. The number of benzene rings is 2. The van der Waals surface area contributed by atoms with Crippen molar-refractivity contribution in [2.45, 2.75) is 13.5 Å². The summed E-state index contributed by atoms with van der Waals surface area (Å²) in [4.78, 5) is 0. The Bertz CT molecular complexity index is 645. The second-order valence-corrected chi connectivity index (χ2v) is 4.25. The Morgan fingerprint density at radius 2 is 1.95 bits per heavy atom. The van der Waals surface area contributed by atoms with E-state index in [1.807, 2.05) is 13.0 Å². The van der Waals surface area contributed by atoms with Crippen LogP contribution in [-0.2, 0) is 6.54 Å². The van der Waals surface area contributed by atoms with Gasteiger partial charge in [0.15, 0.2) is 0 Å². The highest BCUT2D eigenvalue weighted by Gasteiger charge is 2.06. The van der Waals surface area contributed by atoms with Gasteiger partial charge in [-0.2, -0.15) is 5.26 Å². The molecule has 0 aromatic heterocycles. The smallest absolute Gasteiger partial charge is 0.128 e. The van der Waals surface area contributed by atoms with Gasteiger partial charge >= 0.3 is 0 Å². The van der Waals surface area contributed by atoms with Crippen molar-refractivity contribution in [2.75, 3.05) is 5.32 Å². The van der Waals surface area contributed by atoms with Crippen LogP contribution in [0.4, 0.5) is 14.5 Å². The average molecular weight is 258 g/mol. The minimum absolute atomic E-state index is 0.126. The van der Waals surface area contributed by atoms with Gasteiger partial charge in [0.2, 0.25) is 0 Å². The zero-order valence-corrected chi connectivity index (χ0v) is 10.4. The molecule has 0 radical (unpaired) electrons. The van der Waals surface area contributed by atoms with E-state index >= 15 is 0 Å². The molecule has 0 aliphatic carbocycles. The first kappa shape index (κ1) is 13.0. The molecule has 4 heteroatoms. The van der Waals surface area contributed by atoms with Crippen molar-refractivity contribution in [2.24, 2.45) is 0 Å². The van der Waals surface area contributed by atoms with Gasteiger partial charge < -0.3 is 5.32 Å². The molecule has 0 aliphatic heterocycles. The fourth-order valence-electron chi connectivity index (χ4n) is 1.77. The van der Waals surface area contributed by atoms with Gasteiger partial charge in [0.05, 0.1) is 11.3 Å². The van der Waals surface area contributed by atoms with Crippen molar-refractivity contribution < 1.29 is 8.78 Å². The molecule has 0 unspecified atom stereocenters. The summed E-state index contributed by atoms with van der Waals surface area (Å²) in [5.74, 6) is -0.956. The first-order valence-electron chi connectivity index (χ1n) is 5.78. The van der Waals surface area contributed by atoms with Gasteiger partial charge in [0.1, 0.15) is 17.7 Å². The van der Waals surface area contributed by atoms with E-state index in [1.165, 1.54) is 0 Å². The number of rotatable bonds is 3. The lowest BCUT2D eigenvalue weighted by atomic mass is 10.1. The maximum Gasteiger partial charge on any atom is 0.128 e. The van der Waals surface area contributed by atoms with Crippen LogP contribution in [-0.4, -0.2) is 0 Å². The van der Waals surface area contributed by atoms with Gasteiger partial charge in [-0.1, -0.05) is 6.07 Å². The molecule has 0 saturated carbocycles. The molecule has 1 N–H and O–H groups in total. The topological polar surface area (TPSA) is 35.8 Å². The summed E-state index contributed by atoms with van der Waals surface area (Å²) in [6, 6.07) is 10.7. The van der Waals surface area contributed by atoms with Crippen molar-refractivity contribution in [1.29, 1.82) is 5.26 Å². The highest BCUT2D eigenvalue weighted by Crippen LogP contribution is 2.18. The van der Waals surface area contributed by atoms with Crippen LogP contribution in [0, 0.1) is 29.9 Å². The number of nitriles is 1. The molecular weight excluding hydrogens is 246 g/mol. The van der Waals surface area contributed by atoms with Crippen LogP contribution >= 0.6 is 0 Å². The highest BCUT2D eigenvalue weighted by molar-refractivity contribution is 5.58. The Morgan fingerprint density at radius 3 is 2.68 bits per heavy atom. The summed E-state index contributed by atoms with van der Waals surface area (Å²) in [5.41, 5.74) is 2.29. The van der Waals surface area contributed by atoms with Crippen LogP contribution in [0.15, 0.2) is 36.4 Å². The van der Waals surface area contributed by atoms with Crippen LogP contribution in [0.3, 0.4) is 0 Å². The summed E-state index contributed by atoms with van der Waals surface area (Å²) in [7, 11) is 0. The van der Waals surface area contributed by atoms with E-state index in [-0.39, 0.29) is 12.1 Å². The Balaban J connectivity index is 2.19. The fourth-order valence-corrected chi connectivity index (χ4v) is 1.77. The van der Waals surface area contributed by atoms with Crippen molar-refractivity contribution in [1.82, 2.24) is 0 Å². The molecule has 2 nitrogen and oxygen atoms in total. The molecule has 96 valence electrons. The molecule has 0 spiro atoms. The van der Waals surface area contributed by atoms with E-state index in [9.17, 15) is 8.78 Å². The molecule has 0 amide bonds. The van der Waals surface area contributed by atoms with Crippen molar-refractivity contribution >= 4 is 5.69 Å². The molecule has 2 rings (SSSR count). The Kier molecular flexibility index (Phi) is 3.76. The third-order valence-electron chi connectivity index (χ3n) is 2.77. The number of aryl methyl sites for hydroxylation is 1. The van der Waals surface area contributed by atoms with Crippen molar-refractivity contribution in [3.63, 3.8) is 0 Å². The van der Waals surface area contributed by atoms with E-state index in [0.29, 0.717) is 11.3 Å². The van der Waals surface area contributed by atoms with Crippen LogP contribution in [0.1, 0.15) is 16.7 Å². The van der Waals surface area contributed by atoms with Gasteiger partial charge in [0.25, 0.3) is 0 Å². The molecule has 0 atom stereocenters. The van der Waals surface area contributed by atoms with Crippen LogP contribution in [0.2, 0.25) is 0 Å². The van der Waals surface area contributed by atoms with Crippen molar-refractivity contribution in [3.8, 4) is 6.07 Å². The third kappa shape index (κ3) is 3.08. The number of anilines is 1. The van der Waals surface area contributed by atoms with Crippen LogP contribution in [0.25, 0.3) is 0 Å². The molecule has 0 bridgehead atoms. The highest BCUT2D eigenvalue weighted by atomic mass is 19.1. The standard InChI is InChI=1S/C15H12F2N2/c1-10-2-5-15(11(6-10)8-18)19-9-12-7-13(16)3-4-14(12)17/h2-7,19H,9H2,1H3. The number of halogens is 2. The van der Waals surface area contributed by atoms with Crippen LogP contribution in [0.5, 0.6) is 0 Å².